The summed E-state index contributed by atoms with van der Waals surface area (Å²) >= 11 is 0. The van der Waals surface area contributed by atoms with Crippen LogP contribution >= 0.6 is 0 Å². The molecule has 1 aliphatic heterocycles. The van der Waals surface area contributed by atoms with Gasteiger partial charge in [0.25, 0.3) is 11.7 Å². The molecule has 1 aromatic heterocycles. The van der Waals surface area contributed by atoms with Gasteiger partial charge in [-0.05, 0) is 31.5 Å². The number of halogens is 2. The van der Waals surface area contributed by atoms with Crippen LogP contribution in [0.1, 0.15) is 47.1 Å². The van der Waals surface area contributed by atoms with Crippen LogP contribution < -0.4 is 5.73 Å². The van der Waals surface area contributed by atoms with Crippen LogP contribution in [0, 0.1) is 11.6 Å². The average Bonchev–Trinajstić information content (AvgIpc) is 3.15. The van der Waals surface area contributed by atoms with Gasteiger partial charge in [-0.3, -0.25) is 9.69 Å². The summed E-state index contributed by atoms with van der Waals surface area (Å²) in [6, 6.07) is 3.10. The standard InChI is InChI=1S/C15H16F2N4O3/c16-8-3-1-4-9(17)12(8)11(22)7-21-6-2-5-10(21)15-19-14(13(18)23)20-24-15/h1,3-4,10-11,22H,2,5-7H2,(H2,18,23)/t10-,11+/m1/s1. The van der Waals surface area contributed by atoms with Gasteiger partial charge in [0.2, 0.25) is 5.89 Å². The van der Waals surface area contributed by atoms with Crippen LogP contribution in [0.3, 0.4) is 0 Å². The highest BCUT2D eigenvalue weighted by Gasteiger charge is 2.33. The summed E-state index contributed by atoms with van der Waals surface area (Å²) in [6.07, 6.45) is 0.100. The molecule has 0 bridgehead atoms. The molecular formula is C15H16F2N4O3. The molecule has 9 heteroatoms. The van der Waals surface area contributed by atoms with Gasteiger partial charge in [0.05, 0.1) is 17.7 Å². The number of amides is 1. The average molecular weight is 338 g/mol. The lowest BCUT2D eigenvalue weighted by molar-refractivity contribution is 0.0915. The van der Waals surface area contributed by atoms with Gasteiger partial charge >= 0.3 is 0 Å². The van der Waals surface area contributed by atoms with E-state index in [-0.39, 0.29) is 29.9 Å². The van der Waals surface area contributed by atoms with Crippen molar-refractivity contribution in [2.24, 2.45) is 5.73 Å². The minimum absolute atomic E-state index is 0.00317. The number of rotatable bonds is 5. The van der Waals surface area contributed by atoms with E-state index in [2.05, 4.69) is 10.1 Å². The molecule has 1 aliphatic rings. The number of aliphatic hydroxyl groups is 1. The van der Waals surface area contributed by atoms with Gasteiger partial charge in [0, 0.05) is 6.54 Å². The van der Waals surface area contributed by atoms with Crippen molar-refractivity contribution >= 4 is 5.91 Å². The first kappa shape index (κ1) is 16.5. The fourth-order valence-corrected chi connectivity index (χ4v) is 2.94. The predicted octanol–water partition coefficient (Wildman–Crippen LogP) is 1.32. The van der Waals surface area contributed by atoms with Crippen molar-refractivity contribution in [1.82, 2.24) is 15.0 Å². The maximum absolute atomic E-state index is 13.8. The summed E-state index contributed by atoms with van der Waals surface area (Å²) in [6.45, 7) is 0.586. The highest BCUT2D eigenvalue weighted by Crippen LogP contribution is 2.33. The zero-order valence-corrected chi connectivity index (χ0v) is 12.7. The number of nitrogens with two attached hydrogens (primary N) is 1. The van der Waals surface area contributed by atoms with Crippen LogP contribution in [-0.2, 0) is 0 Å². The number of primary amides is 1. The second kappa shape index (κ2) is 6.62. The summed E-state index contributed by atoms with van der Waals surface area (Å²) in [5.41, 5.74) is 4.72. The summed E-state index contributed by atoms with van der Waals surface area (Å²) in [5.74, 6) is -2.43. The molecule has 3 N–H and O–H groups in total. The van der Waals surface area contributed by atoms with Crippen molar-refractivity contribution in [2.45, 2.75) is 25.0 Å². The molecule has 0 spiro atoms. The van der Waals surface area contributed by atoms with Gasteiger partial charge in [0.15, 0.2) is 0 Å². The number of hydrogen-bond acceptors (Lipinski definition) is 6. The maximum atomic E-state index is 13.8. The Morgan fingerprint density at radius 2 is 2.17 bits per heavy atom. The topological polar surface area (TPSA) is 105 Å². The number of benzene rings is 1. The van der Waals surface area contributed by atoms with E-state index in [1.54, 1.807) is 4.90 Å². The van der Waals surface area contributed by atoms with Crippen molar-refractivity contribution < 1.29 is 23.2 Å². The highest BCUT2D eigenvalue weighted by atomic mass is 19.1. The van der Waals surface area contributed by atoms with Gasteiger partial charge in [-0.1, -0.05) is 11.2 Å². The van der Waals surface area contributed by atoms with Gasteiger partial charge in [-0.25, -0.2) is 8.78 Å². The van der Waals surface area contributed by atoms with E-state index in [4.69, 9.17) is 10.3 Å². The Morgan fingerprint density at radius 1 is 1.46 bits per heavy atom. The molecule has 128 valence electrons. The highest BCUT2D eigenvalue weighted by molar-refractivity contribution is 5.88. The Bertz CT molecular complexity index is 732. The van der Waals surface area contributed by atoms with Crippen LogP contribution in [-0.4, -0.2) is 39.1 Å². The van der Waals surface area contributed by atoms with Crippen molar-refractivity contribution in [3.8, 4) is 0 Å². The maximum Gasteiger partial charge on any atom is 0.290 e. The SMILES string of the molecule is NC(=O)c1noc([C@H]2CCCN2C[C@H](O)c2c(F)cccc2F)n1. The molecule has 3 rings (SSSR count). The molecule has 0 saturated carbocycles. The van der Waals surface area contributed by atoms with E-state index >= 15 is 0 Å². The molecule has 7 nitrogen and oxygen atoms in total. The monoisotopic (exact) mass is 338 g/mol. The number of β-amino-alcohol motifs (C(OH)–C–C–N with tert-alkyl or cyclic N) is 1. The summed E-state index contributed by atoms with van der Waals surface area (Å²) < 4.78 is 32.6. The third-order valence-corrected chi connectivity index (χ3v) is 4.05. The van der Waals surface area contributed by atoms with Gasteiger partial charge in [0.1, 0.15) is 11.6 Å². The third kappa shape index (κ3) is 3.13. The number of aliphatic hydroxyl groups excluding tert-OH is 1. The normalized spacial score (nSPS) is 19.5. The van der Waals surface area contributed by atoms with Gasteiger partial charge < -0.3 is 15.4 Å². The van der Waals surface area contributed by atoms with Crippen molar-refractivity contribution in [2.75, 3.05) is 13.1 Å². The van der Waals surface area contributed by atoms with Gasteiger partial charge in [-0.2, -0.15) is 4.98 Å². The quantitative estimate of drug-likeness (QED) is 0.852. The molecule has 1 fully saturated rings. The first-order valence-corrected chi connectivity index (χ1v) is 7.46. The fraction of sp³-hybridized carbons (Fsp3) is 0.400. The Morgan fingerprint density at radius 3 is 2.79 bits per heavy atom. The van der Waals surface area contributed by atoms with E-state index in [1.807, 2.05) is 0 Å². The molecule has 0 aliphatic carbocycles. The molecule has 1 saturated heterocycles. The molecule has 0 radical (unpaired) electrons. The molecule has 2 atom stereocenters. The van der Waals surface area contributed by atoms with Crippen LogP contribution in [0.2, 0.25) is 0 Å². The Labute approximate surface area is 136 Å². The number of hydrogen-bond donors (Lipinski definition) is 2. The van der Waals surface area contributed by atoms with Crippen LogP contribution in [0.4, 0.5) is 8.78 Å². The Kier molecular flexibility index (Phi) is 4.54. The first-order chi connectivity index (χ1) is 11.5. The Hall–Kier alpha value is -2.39. The molecule has 24 heavy (non-hydrogen) atoms. The number of aromatic nitrogens is 2. The number of likely N-dealkylation sites (tertiary alicyclic amines) is 1. The van der Waals surface area contributed by atoms with Crippen LogP contribution in [0.5, 0.6) is 0 Å². The largest absolute Gasteiger partial charge is 0.387 e. The molecule has 1 aromatic carbocycles. The molecule has 1 amide bonds. The molecule has 2 aromatic rings. The van der Waals surface area contributed by atoms with Crippen molar-refractivity contribution in [1.29, 1.82) is 0 Å². The summed E-state index contributed by atoms with van der Waals surface area (Å²) in [5, 5.41) is 13.7. The molecular weight excluding hydrogens is 322 g/mol. The lowest BCUT2D eigenvalue weighted by Gasteiger charge is -2.24. The minimum Gasteiger partial charge on any atom is -0.387 e. The minimum atomic E-state index is -1.34. The summed E-state index contributed by atoms with van der Waals surface area (Å²) in [7, 11) is 0. The van der Waals surface area contributed by atoms with E-state index < -0.39 is 23.6 Å². The summed E-state index contributed by atoms with van der Waals surface area (Å²) in [4.78, 5) is 16.8. The second-order valence-corrected chi connectivity index (χ2v) is 5.62. The lowest BCUT2D eigenvalue weighted by Crippen LogP contribution is -2.29. The zero-order valence-electron chi connectivity index (χ0n) is 12.7. The third-order valence-electron chi connectivity index (χ3n) is 4.05. The van der Waals surface area contributed by atoms with Crippen LogP contribution in [0.25, 0.3) is 0 Å². The second-order valence-electron chi connectivity index (χ2n) is 5.62. The fourth-order valence-electron chi connectivity index (χ4n) is 2.94. The number of carbonyl (C=O) groups is 1. The van der Waals surface area contributed by atoms with Crippen molar-refractivity contribution in [3.05, 3.63) is 47.1 Å². The van der Waals surface area contributed by atoms with E-state index in [0.29, 0.717) is 13.0 Å². The van der Waals surface area contributed by atoms with E-state index in [1.165, 1.54) is 6.07 Å². The molecule has 0 unspecified atom stereocenters. The smallest absolute Gasteiger partial charge is 0.290 e. The number of nitrogens with zero attached hydrogens (tertiary/aromatic N) is 3. The first-order valence-electron chi connectivity index (χ1n) is 7.46. The van der Waals surface area contributed by atoms with E-state index in [9.17, 15) is 18.7 Å². The predicted molar refractivity (Wildman–Crippen MR) is 77.7 cm³/mol. The zero-order chi connectivity index (χ0) is 17.3. The Balaban J connectivity index is 1.77. The number of carbonyl (C=O) groups excluding carboxylic acids is 1. The van der Waals surface area contributed by atoms with Gasteiger partial charge in [-0.15, -0.1) is 0 Å². The van der Waals surface area contributed by atoms with E-state index in [0.717, 1.165) is 18.6 Å². The van der Waals surface area contributed by atoms with Crippen LogP contribution in [0.15, 0.2) is 22.7 Å². The molecule has 2 heterocycles. The lowest BCUT2D eigenvalue weighted by atomic mass is 10.1. The van der Waals surface area contributed by atoms with Crippen molar-refractivity contribution in [3.63, 3.8) is 0 Å².